The normalized spacial score (nSPS) is 11.9. The van der Waals surface area contributed by atoms with E-state index in [1.165, 1.54) is 0 Å². The maximum atomic E-state index is 5.68. The number of benzene rings is 1. The molecule has 76 valence electrons. The number of amidine groups is 1. The van der Waals surface area contributed by atoms with Crippen molar-refractivity contribution in [3.8, 4) is 0 Å². The van der Waals surface area contributed by atoms with E-state index in [4.69, 9.17) is 11.6 Å². The van der Waals surface area contributed by atoms with Crippen molar-refractivity contribution in [1.29, 1.82) is 0 Å². The molecule has 0 unspecified atom stereocenters. The van der Waals surface area contributed by atoms with Crippen LogP contribution in [0.3, 0.4) is 0 Å². The summed E-state index contributed by atoms with van der Waals surface area (Å²) in [6.45, 7) is 0. The van der Waals surface area contributed by atoms with Crippen LogP contribution in [0.1, 0.15) is 5.56 Å². The standard InChI is InChI=1S/C10H9BrN4/c11-8-4-3-7(10(12)15-13)9-6(8)2-1-5-14-9/h1-5H,13H2,(H2,12,15). The van der Waals surface area contributed by atoms with Gasteiger partial charge in [-0.1, -0.05) is 22.0 Å². The van der Waals surface area contributed by atoms with Crippen LogP contribution in [0.15, 0.2) is 40.0 Å². The molecule has 0 saturated heterocycles. The Hall–Kier alpha value is -1.62. The molecule has 2 aromatic rings. The summed E-state index contributed by atoms with van der Waals surface area (Å²) < 4.78 is 0.971. The van der Waals surface area contributed by atoms with Gasteiger partial charge in [-0.25, -0.2) is 0 Å². The Morgan fingerprint density at radius 3 is 2.87 bits per heavy atom. The summed E-state index contributed by atoms with van der Waals surface area (Å²) in [6.07, 6.45) is 1.71. The van der Waals surface area contributed by atoms with Gasteiger partial charge >= 0.3 is 0 Å². The van der Waals surface area contributed by atoms with Crippen LogP contribution < -0.4 is 11.6 Å². The second-order valence-corrected chi connectivity index (χ2v) is 3.86. The zero-order valence-electron chi connectivity index (χ0n) is 7.81. The third-order valence-electron chi connectivity index (χ3n) is 2.13. The molecule has 0 aliphatic rings. The summed E-state index contributed by atoms with van der Waals surface area (Å²) in [5, 5.41) is 4.47. The Labute approximate surface area is 95.1 Å². The highest BCUT2D eigenvalue weighted by Gasteiger charge is 2.07. The molecule has 0 fully saturated rings. The molecule has 1 heterocycles. The minimum Gasteiger partial charge on any atom is -0.382 e. The van der Waals surface area contributed by atoms with Crippen LogP contribution in [0.5, 0.6) is 0 Å². The second kappa shape index (κ2) is 3.86. The number of nitrogens with two attached hydrogens (primary N) is 2. The third kappa shape index (κ3) is 1.66. The van der Waals surface area contributed by atoms with Crippen LogP contribution in [0.25, 0.3) is 10.9 Å². The van der Waals surface area contributed by atoms with Gasteiger partial charge in [0.05, 0.1) is 5.52 Å². The lowest BCUT2D eigenvalue weighted by Gasteiger charge is -2.05. The summed E-state index contributed by atoms with van der Waals surface area (Å²) in [6, 6.07) is 7.56. The molecule has 1 aromatic heterocycles. The second-order valence-electron chi connectivity index (χ2n) is 3.01. The number of hydrazone groups is 1. The van der Waals surface area contributed by atoms with Gasteiger partial charge in [0.25, 0.3) is 0 Å². The molecule has 4 N–H and O–H groups in total. The predicted molar refractivity (Wildman–Crippen MR) is 64.4 cm³/mol. The van der Waals surface area contributed by atoms with E-state index in [9.17, 15) is 0 Å². The van der Waals surface area contributed by atoms with Crippen molar-refractivity contribution in [3.63, 3.8) is 0 Å². The summed E-state index contributed by atoms with van der Waals surface area (Å²) in [5.41, 5.74) is 7.22. The average Bonchev–Trinajstić information content (AvgIpc) is 2.29. The Balaban J connectivity index is 2.83. The fourth-order valence-electron chi connectivity index (χ4n) is 1.41. The van der Waals surface area contributed by atoms with Crippen molar-refractivity contribution in [2.45, 2.75) is 0 Å². The molecule has 15 heavy (non-hydrogen) atoms. The van der Waals surface area contributed by atoms with E-state index in [2.05, 4.69) is 26.0 Å². The van der Waals surface area contributed by atoms with E-state index < -0.39 is 0 Å². The molecule has 0 spiro atoms. The molecular weight excluding hydrogens is 256 g/mol. The minimum atomic E-state index is 0.284. The van der Waals surface area contributed by atoms with Gasteiger partial charge in [0.1, 0.15) is 0 Å². The van der Waals surface area contributed by atoms with E-state index in [1.54, 1.807) is 6.20 Å². The van der Waals surface area contributed by atoms with Crippen LogP contribution in [0.2, 0.25) is 0 Å². The van der Waals surface area contributed by atoms with Gasteiger partial charge in [0, 0.05) is 21.6 Å². The molecular formula is C10H9BrN4. The molecule has 0 atom stereocenters. The lowest BCUT2D eigenvalue weighted by atomic mass is 10.1. The first-order chi connectivity index (χ1) is 7.24. The molecule has 0 aliphatic carbocycles. The van der Waals surface area contributed by atoms with Gasteiger partial charge in [-0.05, 0) is 18.2 Å². The number of fused-ring (bicyclic) bond motifs is 1. The van der Waals surface area contributed by atoms with Crippen molar-refractivity contribution in [1.82, 2.24) is 4.98 Å². The topological polar surface area (TPSA) is 77.3 Å². The first-order valence-electron chi connectivity index (χ1n) is 4.31. The molecule has 0 bridgehead atoms. The highest BCUT2D eigenvalue weighted by molar-refractivity contribution is 9.10. The molecule has 2 rings (SSSR count). The Kier molecular flexibility index (Phi) is 2.55. The number of aromatic nitrogens is 1. The summed E-state index contributed by atoms with van der Waals surface area (Å²) in [4.78, 5) is 4.26. The predicted octanol–water partition coefficient (Wildman–Crippen LogP) is 1.58. The number of hydrogen-bond donors (Lipinski definition) is 2. The van der Waals surface area contributed by atoms with Crippen LogP contribution in [0, 0.1) is 0 Å². The van der Waals surface area contributed by atoms with Crippen LogP contribution in [0.4, 0.5) is 0 Å². The number of halogens is 1. The van der Waals surface area contributed by atoms with E-state index in [0.717, 1.165) is 20.9 Å². The monoisotopic (exact) mass is 264 g/mol. The maximum Gasteiger partial charge on any atom is 0.152 e. The molecule has 1 aromatic carbocycles. The fourth-order valence-corrected chi connectivity index (χ4v) is 1.87. The number of hydrogen-bond acceptors (Lipinski definition) is 3. The van der Waals surface area contributed by atoms with Crippen LogP contribution in [-0.4, -0.2) is 10.8 Å². The number of rotatable bonds is 1. The van der Waals surface area contributed by atoms with Crippen molar-refractivity contribution >= 4 is 32.7 Å². The van der Waals surface area contributed by atoms with Gasteiger partial charge in [-0.3, -0.25) is 4.98 Å². The lowest BCUT2D eigenvalue weighted by molar-refractivity contribution is 1.23. The molecule has 4 nitrogen and oxygen atoms in total. The van der Waals surface area contributed by atoms with Gasteiger partial charge < -0.3 is 11.6 Å². The Morgan fingerprint density at radius 2 is 2.13 bits per heavy atom. The number of nitrogens with zero attached hydrogens (tertiary/aromatic N) is 2. The van der Waals surface area contributed by atoms with Crippen LogP contribution in [-0.2, 0) is 0 Å². The fraction of sp³-hybridized carbons (Fsp3) is 0. The lowest BCUT2D eigenvalue weighted by Crippen LogP contribution is -2.16. The van der Waals surface area contributed by atoms with Gasteiger partial charge in [0.15, 0.2) is 5.84 Å². The first-order valence-corrected chi connectivity index (χ1v) is 5.10. The zero-order valence-corrected chi connectivity index (χ0v) is 9.40. The Morgan fingerprint density at radius 1 is 1.33 bits per heavy atom. The highest BCUT2D eigenvalue weighted by Crippen LogP contribution is 2.24. The van der Waals surface area contributed by atoms with E-state index in [0.29, 0.717) is 0 Å². The summed E-state index contributed by atoms with van der Waals surface area (Å²) in [7, 11) is 0. The SMILES string of the molecule is N/N=C(/N)c1ccc(Br)c2cccnc12. The minimum absolute atomic E-state index is 0.284. The quantitative estimate of drug-likeness (QED) is 0.355. The van der Waals surface area contributed by atoms with Crippen LogP contribution >= 0.6 is 15.9 Å². The molecule has 0 aliphatic heterocycles. The first kappa shape index (κ1) is 9.92. The van der Waals surface area contributed by atoms with Gasteiger partial charge in [-0.2, -0.15) is 5.10 Å². The smallest absolute Gasteiger partial charge is 0.152 e. The van der Waals surface area contributed by atoms with E-state index >= 15 is 0 Å². The number of pyridine rings is 1. The third-order valence-corrected chi connectivity index (χ3v) is 2.82. The van der Waals surface area contributed by atoms with Crippen molar-refractivity contribution < 1.29 is 0 Å². The van der Waals surface area contributed by atoms with Crippen molar-refractivity contribution in [2.24, 2.45) is 16.7 Å². The highest BCUT2D eigenvalue weighted by atomic mass is 79.9. The van der Waals surface area contributed by atoms with E-state index in [-0.39, 0.29) is 5.84 Å². The maximum absolute atomic E-state index is 5.68. The molecule has 0 amide bonds. The van der Waals surface area contributed by atoms with E-state index in [1.807, 2.05) is 24.3 Å². The summed E-state index contributed by atoms with van der Waals surface area (Å²) in [5.74, 6) is 5.44. The van der Waals surface area contributed by atoms with Crippen molar-refractivity contribution in [3.05, 3.63) is 40.5 Å². The van der Waals surface area contributed by atoms with Crippen molar-refractivity contribution in [2.75, 3.05) is 0 Å². The molecule has 0 saturated carbocycles. The van der Waals surface area contributed by atoms with Gasteiger partial charge in [-0.15, -0.1) is 0 Å². The molecule has 5 heteroatoms. The Bertz CT molecular complexity index is 536. The molecule has 0 radical (unpaired) electrons. The zero-order chi connectivity index (χ0) is 10.8. The summed E-state index contributed by atoms with van der Waals surface area (Å²) >= 11 is 3.45. The largest absolute Gasteiger partial charge is 0.382 e. The van der Waals surface area contributed by atoms with Gasteiger partial charge in [0.2, 0.25) is 0 Å². The average molecular weight is 265 g/mol.